The zero-order valence-corrected chi connectivity index (χ0v) is 13.0. The van der Waals surface area contributed by atoms with E-state index >= 15 is 0 Å². The minimum absolute atomic E-state index is 0.00671. The van der Waals surface area contributed by atoms with Gasteiger partial charge in [-0.1, -0.05) is 20.8 Å². The first-order chi connectivity index (χ1) is 9.64. The minimum atomic E-state index is -0.441. The molecule has 0 aliphatic carbocycles. The van der Waals surface area contributed by atoms with Crippen LogP contribution >= 0.6 is 0 Å². The van der Waals surface area contributed by atoms with Gasteiger partial charge in [0.25, 0.3) is 5.69 Å². The second-order valence-electron chi connectivity index (χ2n) is 6.45. The molecule has 1 unspecified atom stereocenters. The Morgan fingerprint density at radius 2 is 2.05 bits per heavy atom. The fourth-order valence-electron chi connectivity index (χ4n) is 2.20. The zero-order chi connectivity index (χ0) is 16.2. The van der Waals surface area contributed by atoms with Crippen molar-refractivity contribution in [1.29, 1.82) is 0 Å². The van der Waals surface area contributed by atoms with Crippen LogP contribution in [0.25, 0.3) is 0 Å². The number of hydrogen-bond acceptors (Lipinski definition) is 4. The lowest BCUT2D eigenvalue weighted by Crippen LogP contribution is -2.32. The molecule has 6 nitrogen and oxygen atoms in total. The molecule has 0 saturated carbocycles. The van der Waals surface area contributed by atoms with Gasteiger partial charge in [-0.15, -0.1) is 0 Å². The summed E-state index contributed by atoms with van der Waals surface area (Å²) in [5.74, 6) is -0.429. The van der Waals surface area contributed by atoms with Crippen LogP contribution in [-0.4, -0.2) is 17.4 Å². The van der Waals surface area contributed by atoms with E-state index < -0.39 is 4.92 Å². The number of nitrogens with two attached hydrogens (primary N) is 1. The Bertz CT molecular complexity index is 535. The van der Waals surface area contributed by atoms with Crippen LogP contribution in [0.2, 0.25) is 0 Å². The number of benzene rings is 1. The molecule has 0 bridgehead atoms. The highest BCUT2D eigenvalue weighted by molar-refractivity contribution is 5.93. The molecule has 0 spiro atoms. The van der Waals surface area contributed by atoms with Gasteiger partial charge in [0.2, 0.25) is 5.91 Å². The Morgan fingerprint density at radius 1 is 1.43 bits per heavy atom. The second kappa shape index (κ2) is 6.67. The molecule has 21 heavy (non-hydrogen) atoms. The fraction of sp³-hybridized carbons (Fsp3) is 0.533. The predicted octanol–water partition coefficient (Wildman–Crippen LogP) is 2.85. The molecule has 1 rings (SSSR count). The molecule has 0 aliphatic heterocycles. The van der Waals surface area contributed by atoms with Gasteiger partial charge in [-0.25, -0.2) is 0 Å². The molecular formula is C15H23N3O3. The summed E-state index contributed by atoms with van der Waals surface area (Å²) in [5, 5.41) is 13.5. The molecule has 0 heterocycles. The number of amides is 1. The number of anilines is 1. The molecule has 0 radical (unpaired) electrons. The lowest BCUT2D eigenvalue weighted by atomic mass is 9.84. The molecule has 0 saturated heterocycles. The number of aryl methyl sites for hydroxylation is 1. The molecule has 1 aromatic rings. The molecular weight excluding hydrogens is 270 g/mol. The van der Waals surface area contributed by atoms with Crippen LogP contribution < -0.4 is 11.1 Å². The number of carbonyl (C=O) groups excluding carboxylic acids is 1. The largest absolute Gasteiger partial charge is 0.330 e. The normalized spacial score (nSPS) is 12.8. The maximum absolute atomic E-state index is 12.2. The molecule has 6 heteroatoms. The number of carbonyl (C=O) groups is 1. The van der Waals surface area contributed by atoms with Gasteiger partial charge in [0.05, 0.1) is 10.8 Å². The first-order valence-corrected chi connectivity index (χ1v) is 6.90. The summed E-state index contributed by atoms with van der Waals surface area (Å²) in [6.45, 7) is 8.08. The topological polar surface area (TPSA) is 98.3 Å². The first-order valence-electron chi connectivity index (χ1n) is 6.90. The Labute approximate surface area is 124 Å². The maximum Gasteiger partial charge on any atom is 0.272 e. The third kappa shape index (κ3) is 5.15. The lowest BCUT2D eigenvalue weighted by Gasteiger charge is -2.24. The van der Waals surface area contributed by atoms with Crippen molar-refractivity contribution in [3.63, 3.8) is 0 Å². The lowest BCUT2D eigenvalue weighted by molar-refractivity contribution is -0.385. The summed E-state index contributed by atoms with van der Waals surface area (Å²) in [4.78, 5) is 22.6. The minimum Gasteiger partial charge on any atom is -0.330 e. The van der Waals surface area contributed by atoms with Crippen molar-refractivity contribution < 1.29 is 9.72 Å². The van der Waals surface area contributed by atoms with Gasteiger partial charge in [-0.05, 0) is 30.9 Å². The standard InChI is InChI=1S/C15H23N3O3/c1-10-7-12(5-6-13(10)18(20)21)17-14(19)11(9-16)8-15(2,3)4/h5-7,11H,8-9,16H2,1-4H3,(H,17,19). The Hall–Kier alpha value is -1.95. The number of rotatable bonds is 5. The summed E-state index contributed by atoms with van der Waals surface area (Å²) in [6, 6.07) is 4.53. The molecule has 1 atom stereocenters. The van der Waals surface area contributed by atoms with E-state index in [1.807, 2.05) is 0 Å². The van der Waals surface area contributed by atoms with Gasteiger partial charge >= 0.3 is 0 Å². The summed E-state index contributed by atoms with van der Waals surface area (Å²) in [7, 11) is 0. The summed E-state index contributed by atoms with van der Waals surface area (Å²) in [6.07, 6.45) is 0.682. The van der Waals surface area contributed by atoms with Crippen molar-refractivity contribution in [1.82, 2.24) is 0 Å². The van der Waals surface area contributed by atoms with Crippen molar-refractivity contribution in [2.24, 2.45) is 17.1 Å². The fourth-order valence-corrected chi connectivity index (χ4v) is 2.20. The van der Waals surface area contributed by atoms with E-state index in [-0.39, 0.29) is 29.5 Å². The van der Waals surface area contributed by atoms with Crippen LogP contribution in [0.5, 0.6) is 0 Å². The summed E-state index contributed by atoms with van der Waals surface area (Å²) in [5.41, 5.74) is 6.79. The van der Waals surface area contributed by atoms with E-state index in [2.05, 4.69) is 26.1 Å². The number of nitro benzene ring substituents is 1. The Balaban J connectivity index is 2.82. The van der Waals surface area contributed by atoms with Gasteiger partial charge in [-0.3, -0.25) is 14.9 Å². The van der Waals surface area contributed by atoms with Crippen molar-refractivity contribution in [3.8, 4) is 0 Å². The van der Waals surface area contributed by atoms with Crippen LogP contribution in [-0.2, 0) is 4.79 Å². The molecule has 0 fully saturated rings. The van der Waals surface area contributed by atoms with E-state index in [1.165, 1.54) is 12.1 Å². The number of nitrogens with one attached hydrogen (secondary N) is 1. The third-order valence-electron chi connectivity index (χ3n) is 3.18. The molecule has 0 aliphatic rings. The number of hydrogen-bond donors (Lipinski definition) is 2. The van der Waals surface area contributed by atoms with Crippen molar-refractivity contribution in [2.45, 2.75) is 34.1 Å². The van der Waals surface area contributed by atoms with Crippen LogP contribution in [0.15, 0.2) is 18.2 Å². The quantitative estimate of drug-likeness (QED) is 0.644. The van der Waals surface area contributed by atoms with Gasteiger partial charge in [0.1, 0.15) is 0 Å². The van der Waals surface area contributed by atoms with Crippen LogP contribution in [0.1, 0.15) is 32.8 Å². The maximum atomic E-state index is 12.2. The van der Waals surface area contributed by atoms with Gasteiger partial charge in [0, 0.05) is 23.9 Å². The van der Waals surface area contributed by atoms with E-state index in [1.54, 1.807) is 13.0 Å². The Kier molecular flexibility index (Phi) is 5.43. The van der Waals surface area contributed by atoms with Gasteiger partial charge in [-0.2, -0.15) is 0 Å². The third-order valence-corrected chi connectivity index (χ3v) is 3.18. The molecule has 1 amide bonds. The van der Waals surface area contributed by atoms with Crippen molar-refractivity contribution >= 4 is 17.3 Å². The average molecular weight is 293 g/mol. The van der Waals surface area contributed by atoms with E-state index in [0.29, 0.717) is 17.7 Å². The molecule has 1 aromatic carbocycles. The molecule has 3 N–H and O–H groups in total. The zero-order valence-electron chi connectivity index (χ0n) is 13.0. The highest BCUT2D eigenvalue weighted by atomic mass is 16.6. The van der Waals surface area contributed by atoms with Crippen molar-refractivity contribution in [3.05, 3.63) is 33.9 Å². The smallest absolute Gasteiger partial charge is 0.272 e. The second-order valence-corrected chi connectivity index (χ2v) is 6.45. The highest BCUT2D eigenvalue weighted by Gasteiger charge is 2.24. The molecule has 116 valence electrons. The average Bonchev–Trinajstić information content (AvgIpc) is 2.34. The predicted molar refractivity (Wildman–Crippen MR) is 83.1 cm³/mol. The number of nitro groups is 1. The molecule has 0 aromatic heterocycles. The van der Waals surface area contributed by atoms with E-state index in [9.17, 15) is 14.9 Å². The first kappa shape index (κ1) is 17.1. The van der Waals surface area contributed by atoms with Crippen LogP contribution in [0.3, 0.4) is 0 Å². The van der Waals surface area contributed by atoms with E-state index in [0.717, 1.165) is 0 Å². The van der Waals surface area contributed by atoms with Crippen LogP contribution in [0.4, 0.5) is 11.4 Å². The summed E-state index contributed by atoms with van der Waals surface area (Å²) >= 11 is 0. The van der Waals surface area contributed by atoms with Crippen molar-refractivity contribution in [2.75, 3.05) is 11.9 Å². The van der Waals surface area contributed by atoms with E-state index in [4.69, 9.17) is 5.73 Å². The Morgan fingerprint density at radius 3 is 2.48 bits per heavy atom. The van der Waals surface area contributed by atoms with Gasteiger partial charge in [0.15, 0.2) is 0 Å². The van der Waals surface area contributed by atoms with Gasteiger partial charge < -0.3 is 11.1 Å². The number of nitrogens with zero attached hydrogens (tertiary/aromatic N) is 1. The SMILES string of the molecule is Cc1cc(NC(=O)C(CN)CC(C)(C)C)ccc1[N+](=O)[O-]. The summed E-state index contributed by atoms with van der Waals surface area (Å²) < 4.78 is 0. The highest BCUT2D eigenvalue weighted by Crippen LogP contribution is 2.26. The monoisotopic (exact) mass is 293 g/mol. The van der Waals surface area contributed by atoms with Crippen LogP contribution in [0, 0.1) is 28.4 Å².